The zero-order valence-corrected chi connectivity index (χ0v) is 13.4. The quantitative estimate of drug-likeness (QED) is 0.506. The maximum atomic E-state index is 12.0. The molecule has 0 spiro atoms. The molecule has 0 aliphatic heterocycles. The van der Waals surface area contributed by atoms with E-state index in [4.69, 9.17) is 14.6 Å². The number of carbonyl (C=O) groups excluding carboxylic acids is 2. The van der Waals surface area contributed by atoms with Crippen molar-refractivity contribution in [1.82, 2.24) is 10.2 Å². The Morgan fingerprint density at radius 1 is 1.24 bits per heavy atom. The lowest BCUT2D eigenvalue weighted by molar-refractivity contribution is -0.145. The molecule has 21 heavy (non-hydrogen) atoms. The van der Waals surface area contributed by atoms with Crippen LogP contribution in [0.1, 0.15) is 20.3 Å². The number of methoxy groups -OCH3 is 2. The van der Waals surface area contributed by atoms with Gasteiger partial charge in [0, 0.05) is 20.2 Å². The molecule has 1 atom stereocenters. The van der Waals surface area contributed by atoms with E-state index < -0.39 is 12.0 Å². The summed E-state index contributed by atoms with van der Waals surface area (Å²) in [5, 5.41) is 11.7. The van der Waals surface area contributed by atoms with E-state index in [1.807, 2.05) is 13.8 Å². The molecule has 0 saturated heterocycles. The van der Waals surface area contributed by atoms with E-state index in [1.165, 1.54) is 7.11 Å². The van der Waals surface area contributed by atoms with Gasteiger partial charge >= 0.3 is 5.97 Å². The van der Waals surface area contributed by atoms with Crippen molar-refractivity contribution in [3.63, 3.8) is 0 Å². The number of carbonyl (C=O) groups is 2. The molecule has 0 rings (SSSR count). The van der Waals surface area contributed by atoms with Crippen LogP contribution in [0.4, 0.5) is 0 Å². The van der Waals surface area contributed by atoms with Crippen molar-refractivity contribution in [2.75, 3.05) is 47.1 Å². The number of esters is 1. The lowest BCUT2D eigenvalue weighted by Crippen LogP contribution is -2.47. The van der Waals surface area contributed by atoms with Crippen LogP contribution in [0.5, 0.6) is 0 Å². The number of amides is 1. The van der Waals surface area contributed by atoms with Gasteiger partial charge in [-0.2, -0.15) is 0 Å². The van der Waals surface area contributed by atoms with Crippen LogP contribution in [0.25, 0.3) is 0 Å². The Labute approximate surface area is 126 Å². The predicted molar refractivity (Wildman–Crippen MR) is 78.8 cm³/mol. The van der Waals surface area contributed by atoms with Gasteiger partial charge in [-0.1, -0.05) is 13.8 Å². The second-order valence-corrected chi connectivity index (χ2v) is 5.27. The monoisotopic (exact) mass is 304 g/mol. The van der Waals surface area contributed by atoms with Gasteiger partial charge in [0.25, 0.3) is 0 Å². The summed E-state index contributed by atoms with van der Waals surface area (Å²) in [7, 11) is 2.88. The number of rotatable bonds is 11. The minimum atomic E-state index is -0.638. The number of nitrogens with one attached hydrogen (secondary N) is 1. The average Bonchev–Trinajstić information content (AvgIpc) is 2.42. The molecular weight excluding hydrogens is 276 g/mol. The predicted octanol–water partition coefficient (Wildman–Crippen LogP) is -0.369. The van der Waals surface area contributed by atoms with Crippen LogP contribution in [0, 0.1) is 5.92 Å². The van der Waals surface area contributed by atoms with Gasteiger partial charge in [0.05, 0.1) is 26.9 Å². The normalized spacial score (nSPS) is 12.5. The molecule has 7 heteroatoms. The van der Waals surface area contributed by atoms with E-state index in [0.29, 0.717) is 26.1 Å². The Bertz CT molecular complexity index is 310. The van der Waals surface area contributed by atoms with Crippen LogP contribution in [0.3, 0.4) is 0 Å². The SMILES string of the molecule is COCCN(CCO)CC(=O)NC(CC(C)C)C(=O)OC. The molecule has 0 heterocycles. The summed E-state index contributed by atoms with van der Waals surface area (Å²) in [6.07, 6.45) is 0.524. The van der Waals surface area contributed by atoms with Gasteiger partial charge in [0.15, 0.2) is 0 Å². The zero-order chi connectivity index (χ0) is 16.3. The van der Waals surface area contributed by atoms with Crippen LogP contribution in [0.15, 0.2) is 0 Å². The number of ether oxygens (including phenoxy) is 2. The van der Waals surface area contributed by atoms with Gasteiger partial charge in [-0.25, -0.2) is 4.79 Å². The number of hydrogen-bond donors (Lipinski definition) is 2. The van der Waals surface area contributed by atoms with E-state index in [-0.39, 0.29) is 25.0 Å². The molecule has 0 aromatic carbocycles. The van der Waals surface area contributed by atoms with Crippen molar-refractivity contribution in [1.29, 1.82) is 0 Å². The molecule has 0 aliphatic carbocycles. The molecule has 1 amide bonds. The Balaban J connectivity index is 4.47. The molecule has 1 unspecified atom stereocenters. The van der Waals surface area contributed by atoms with Crippen molar-refractivity contribution in [2.45, 2.75) is 26.3 Å². The Morgan fingerprint density at radius 2 is 1.90 bits per heavy atom. The van der Waals surface area contributed by atoms with Gasteiger partial charge < -0.3 is 19.9 Å². The Hall–Kier alpha value is -1.18. The summed E-state index contributed by atoms with van der Waals surface area (Å²) in [6.45, 7) is 5.40. The molecule has 0 bridgehead atoms. The van der Waals surface area contributed by atoms with Crippen LogP contribution in [-0.2, 0) is 19.1 Å². The molecule has 7 nitrogen and oxygen atoms in total. The second kappa shape index (κ2) is 11.5. The van der Waals surface area contributed by atoms with Gasteiger partial charge in [0.1, 0.15) is 6.04 Å². The summed E-state index contributed by atoms with van der Waals surface area (Å²) in [4.78, 5) is 25.4. The van der Waals surface area contributed by atoms with Crippen molar-refractivity contribution in [3.8, 4) is 0 Å². The van der Waals surface area contributed by atoms with Crippen molar-refractivity contribution >= 4 is 11.9 Å². The highest BCUT2D eigenvalue weighted by molar-refractivity contribution is 5.85. The molecule has 0 aromatic heterocycles. The van der Waals surface area contributed by atoms with E-state index in [0.717, 1.165) is 0 Å². The highest BCUT2D eigenvalue weighted by Gasteiger charge is 2.23. The Kier molecular flexibility index (Phi) is 10.8. The number of aliphatic hydroxyl groups is 1. The first-order valence-electron chi connectivity index (χ1n) is 7.13. The molecule has 0 aromatic rings. The summed E-state index contributed by atoms with van der Waals surface area (Å²) in [5.74, 6) is -0.449. The lowest BCUT2D eigenvalue weighted by Gasteiger charge is -2.23. The van der Waals surface area contributed by atoms with Gasteiger partial charge in [-0.05, 0) is 12.3 Å². The summed E-state index contributed by atoms with van der Waals surface area (Å²) in [5.41, 5.74) is 0. The maximum absolute atomic E-state index is 12.0. The standard InChI is InChI=1S/C14H28N2O5/c1-11(2)9-12(14(19)21-4)15-13(18)10-16(5-7-17)6-8-20-3/h11-12,17H,5-10H2,1-4H3,(H,15,18). The first-order valence-corrected chi connectivity index (χ1v) is 7.13. The van der Waals surface area contributed by atoms with E-state index >= 15 is 0 Å². The van der Waals surface area contributed by atoms with E-state index in [9.17, 15) is 9.59 Å². The molecule has 124 valence electrons. The zero-order valence-electron chi connectivity index (χ0n) is 13.4. The van der Waals surface area contributed by atoms with Gasteiger partial charge in [-0.15, -0.1) is 0 Å². The first kappa shape index (κ1) is 19.8. The second-order valence-electron chi connectivity index (χ2n) is 5.27. The average molecular weight is 304 g/mol. The van der Waals surface area contributed by atoms with Crippen molar-refractivity contribution in [2.24, 2.45) is 5.92 Å². The van der Waals surface area contributed by atoms with Crippen molar-refractivity contribution in [3.05, 3.63) is 0 Å². The number of nitrogens with zero attached hydrogens (tertiary/aromatic N) is 1. The third kappa shape index (κ3) is 9.38. The van der Waals surface area contributed by atoms with E-state index in [1.54, 1.807) is 12.0 Å². The third-order valence-corrected chi connectivity index (χ3v) is 2.92. The molecule has 0 fully saturated rings. The third-order valence-electron chi connectivity index (χ3n) is 2.92. The molecule has 0 aliphatic rings. The smallest absolute Gasteiger partial charge is 0.328 e. The fourth-order valence-electron chi connectivity index (χ4n) is 1.90. The highest BCUT2D eigenvalue weighted by Crippen LogP contribution is 2.06. The Morgan fingerprint density at radius 3 is 2.38 bits per heavy atom. The minimum Gasteiger partial charge on any atom is -0.467 e. The summed E-state index contributed by atoms with van der Waals surface area (Å²) in [6, 6.07) is -0.638. The molecule has 2 N–H and O–H groups in total. The van der Waals surface area contributed by atoms with Crippen LogP contribution in [-0.4, -0.2) is 75.0 Å². The minimum absolute atomic E-state index is 0.0383. The molecule has 0 saturated carbocycles. The highest BCUT2D eigenvalue weighted by atomic mass is 16.5. The van der Waals surface area contributed by atoms with Crippen LogP contribution < -0.4 is 5.32 Å². The fourth-order valence-corrected chi connectivity index (χ4v) is 1.90. The first-order chi connectivity index (χ1) is 9.94. The summed E-state index contributed by atoms with van der Waals surface area (Å²) < 4.78 is 9.66. The van der Waals surface area contributed by atoms with Crippen LogP contribution >= 0.6 is 0 Å². The maximum Gasteiger partial charge on any atom is 0.328 e. The fraction of sp³-hybridized carbons (Fsp3) is 0.857. The summed E-state index contributed by atoms with van der Waals surface area (Å²) >= 11 is 0. The lowest BCUT2D eigenvalue weighted by atomic mass is 10.0. The van der Waals surface area contributed by atoms with Gasteiger partial charge in [-0.3, -0.25) is 9.69 Å². The van der Waals surface area contributed by atoms with Gasteiger partial charge in [0.2, 0.25) is 5.91 Å². The molecular formula is C14H28N2O5. The van der Waals surface area contributed by atoms with E-state index in [2.05, 4.69) is 5.32 Å². The largest absolute Gasteiger partial charge is 0.467 e. The number of hydrogen-bond acceptors (Lipinski definition) is 6. The van der Waals surface area contributed by atoms with Crippen LogP contribution in [0.2, 0.25) is 0 Å². The molecule has 0 radical (unpaired) electrons. The topological polar surface area (TPSA) is 88.1 Å². The number of aliphatic hydroxyl groups excluding tert-OH is 1. The van der Waals surface area contributed by atoms with Crippen molar-refractivity contribution < 1.29 is 24.2 Å².